The number of carbonyl (C=O) groups is 2. The van der Waals surface area contributed by atoms with Gasteiger partial charge in [0.15, 0.2) is 0 Å². The van der Waals surface area contributed by atoms with Crippen LogP contribution in [0.5, 0.6) is 5.88 Å². The van der Waals surface area contributed by atoms with Crippen molar-refractivity contribution in [2.45, 2.75) is 52.7 Å². The topological polar surface area (TPSA) is 89.6 Å². The standard InChI is InChI=1S/C17H27N3O4/c1-11(2)9-13(20-16(22)24-17(3,4)5)15(21)19-12-7-8-14(23-6)18-10-12/h7-8,10-11,13H,9H2,1-6H3,(H,19,21)(H,20,22)/t13-/m0/s1. The molecule has 0 aliphatic carbocycles. The van der Waals surface area contributed by atoms with Gasteiger partial charge >= 0.3 is 6.09 Å². The summed E-state index contributed by atoms with van der Waals surface area (Å²) in [5.41, 5.74) is -0.0939. The predicted octanol–water partition coefficient (Wildman–Crippen LogP) is 2.97. The van der Waals surface area contributed by atoms with E-state index >= 15 is 0 Å². The van der Waals surface area contributed by atoms with Gasteiger partial charge in [-0.05, 0) is 39.2 Å². The molecule has 0 unspecified atom stereocenters. The summed E-state index contributed by atoms with van der Waals surface area (Å²) in [5, 5.41) is 5.37. The molecule has 1 heterocycles. The third kappa shape index (κ3) is 7.30. The molecule has 0 saturated heterocycles. The Morgan fingerprint density at radius 3 is 2.38 bits per heavy atom. The third-order valence-corrected chi connectivity index (χ3v) is 2.93. The van der Waals surface area contributed by atoms with Crippen LogP contribution in [0, 0.1) is 5.92 Å². The molecule has 24 heavy (non-hydrogen) atoms. The quantitative estimate of drug-likeness (QED) is 0.833. The monoisotopic (exact) mass is 337 g/mol. The summed E-state index contributed by atoms with van der Waals surface area (Å²) in [6, 6.07) is 2.64. The van der Waals surface area contributed by atoms with Crippen LogP contribution in [0.3, 0.4) is 0 Å². The molecular weight excluding hydrogens is 310 g/mol. The minimum atomic E-state index is -0.693. The fraction of sp³-hybridized carbons (Fsp3) is 0.588. The van der Waals surface area contributed by atoms with Crippen molar-refractivity contribution in [3.8, 4) is 5.88 Å². The van der Waals surface area contributed by atoms with Crippen molar-refractivity contribution in [2.75, 3.05) is 12.4 Å². The number of pyridine rings is 1. The zero-order valence-corrected chi connectivity index (χ0v) is 15.2. The van der Waals surface area contributed by atoms with Gasteiger partial charge in [-0.2, -0.15) is 0 Å². The van der Waals surface area contributed by atoms with Gasteiger partial charge in [0.05, 0.1) is 19.0 Å². The maximum Gasteiger partial charge on any atom is 0.408 e. The second kappa shape index (κ2) is 8.52. The molecule has 1 rings (SSSR count). The van der Waals surface area contributed by atoms with E-state index in [-0.39, 0.29) is 11.8 Å². The van der Waals surface area contributed by atoms with Gasteiger partial charge in [0.2, 0.25) is 11.8 Å². The molecule has 1 atom stereocenters. The molecule has 2 N–H and O–H groups in total. The van der Waals surface area contributed by atoms with Gasteiger partial charge < -0.3 is 20.1 Å². The van der Waals surface area contributed by atoms with Gasteiger partial charge in [0, 0.05) is 6.07 Å². The summed E-state index contributed by atoms with van der Waals surface area (Å²) in [5.74, 6) is 0.366. The Labute approximate surface area is 143 Å². The number of hydrogen-bond donors (Lipinski definition) is 2. The smallest absolute Gasteiger partial charge is 0.408 e. The predicted molar refractivity (Wildman–Crippen MR) is 92.0 cm³/mol. The van der Waals surface area contributed by atoms with Crippen molar-refractivity contribution in [2.24, 2.45) is 5.92 Å². The molecule has 0 aromatic carbocycles. The minimum absolute atomic E-state index is 0.227. The van der Waals surface area contributed by atoms with E-state index < -0.39 is 17.7 Å². The van der Waals surface area contributed by atoms with Crippen molar-refractivity contribution < 1.29 is 19.1 Å². The summed E-state index contributed by atoms with van der Waals surface area (Å²) < 4.78 is 10.2. The molecule has 0 saturated carbocycles. The van der Waals surface area contributed by atoms with Crippen molar-refractivity contribution in [3.63, 3.8) is 0 Å². The van der Waals surface area contributed by atoms with Crippen LogP contribution in [-0.4, -0.2) is 35.7 Å². The summed E-state index contributed by atoms with van der Waals surface area (Å²) in [4.78, 5) is 28.4. The van der Waals surface area contributed by atoms with Crippen LogP contribution in [0.25, 0.3) is 0 Å². The first kappa shape index (κ1) is 19.7. The lowest BCUT2D eigenvalue weighted by atomic mass is 10.0. The second-order valence-electron chi connectivity index (χ2n) is 6.91. The van der Waals surface area contributed by atoms with Gasteiger partial charge in [-0.3, -0.25) is 4.79 Å². The molecule has 0 spiro atoms. The van der Waals surface area contributed by atoms with Crippen molar-refractivity contribution >= 4 is 17.7 Å². The number of methoxy groups -OCH3 is 1. The minimum Gasteiger partial charge on any atom is -0.481 e. The molecule has 0 aliphatic rings. The zero-order valence-electron chi connectivity index (χ0n) is 15.2. The second-order valence-corrected chi connectivity index (χ2v) is 6.91. The van der Waals surface area contributed by atoms with Crippen LogP contribution >= 0.6 is 0 Å². The number of anilines is 1. The lowest BCUT2D eigenvalue weighted by Gasteiger charge is -2.24. The summed E-state index contributed by atoms with van der Waals surface area (Å²) in [6.07, 6.45) is 1.38. The van der Waals surface area contributed by atoms with Gasteiger partial charge in [-0.15, -0.1) is 0 Å². The Kier molecular flexibility index (Phi) is 7.00. The van der Waals surface area contributed by atoms with Gasteiger partial charge in [-0.25, -0.2) is 9.78 Å². The third-order valence-electron chi connectivity index (χ3n) is 2.93. The van der Waals surface area contributed by atoms with Crippen LogP contribution in [0.15, 0.2) is 18.3 Å². The SMILES string of the molecule is COc1ccc(NC(=O)[C@H](CC(C)C)NC(=O)OC(C)(C)C)cn1. The Hall–Kier alpha value is -2.31. The van der Waals surface area contributed by atoms with E-state index in [2.05, 4.69) is 15.6 Å². The Morgan fingerprint density at radius 2 is 1.92 bits per heavy atom. The largest absolute Gasteiger partial charge is 0.481 e. The average molecular weight is 337 g/mol. The van der Waals surface area contributed by atoms with E-state index in [0.29, 0.717) is 18.0 Å². The lowest BCUT2D eigenvalue weighted by molar-refractivity contribution is -0.118. The molecular formula is C17H27N3O4. The molecule has 7 heteroatoms. The van der Waals surface area contributed by atoms with E-state index in [1.54, 1.807) is 32.9 Å². The number of ether oxygens (including phenoxy) is 2. The van der Waals surface area contributed by atoms with Crippen LogP contribution < -0.4 is 15.4 Å². The van der Waals surface area contributed by atoms with Crippen molar-refractivity contribution in [1.82, 2.24) is 10.3 Å². The normalized spacial score (nSPS) is 12.5. The maximum atomic E-state index is 12.5. The summed E-state index contributed by atoms with van der Waals surface area (Å²) in [7, 11) is 1.52. The molecule has 0 aliphatic heterocycles. The highest BCUT2D eigenvalue weighted by atomic mass is 16.6. The van der Waals surface area contributed by atoms with Crippen molar-refractivity contribution in [1.29, 1.82) is 0 Å². The first-order chi connectivity index (χ1) is 11.1. The van der Waals surface area contributed by atoms with Gasteiger partial charge in [0.1, 0.15) is 11.6 Å². The van der Waals surface area contributed by atoms with Crippen LogP contribution in [0.1, 0.15) is 41.0 Å². The maximum absolute atomic E-state index is 12.5. The molecule has 0 bridgehead atoms. The Bertz CT molecular complexity index is 550. The molecule has 134 valence electrons. The lowest BCUT2D eigenvalue weighted by Crippen LogP contribution is -2.46. The highest BCUT2D eigenvalue weighted by Crippen LogP contribution is 2.14. The number of rotatable bonds is 6. The van der Waals surface area contributed by atoms with Crippen LogP contribution in [0.2, 0.25) is 0 Å². The number of alkyl carbamates (subject to hydrolysis) is 1. The van der Waals surface area contributed by atoms with Gasteiger partial charge in [0.25, 0.3) is 0 Å². The number of amides is 2. The first-order valence-corrected chi connectivity index (χ1v) is 7.91. The molecule has 0 radical (unpaired) electrons. The number of carbonyl (C=O) groups excluding carboxylic acids is 2. The van der Waals surface area contributed by atoms with Crippen LogP contribution in [-0.2, 0) is 9.53 Å². The number of aromatic nitrogens is 1. The Balaban J connectivity index is 2.74. The molecule has 2 amide bonds. The van der Waals surface area contributed by atoms with Crippen LogP contribution in [0.4, 0.5) is 10.5 Å². The number of hydrogen-bond acceptors (Lipinski definition) is 5. The molecule has 1 aromatic rings. The first-order valence-electron chi connectivity index (χ1n) is 7.91. The fourth-order valence-electron chi connectivity index (χ4n) is 1.96. The fourth-order valence-corrected chi connectivity index (χ4v) is 1.96. The molecule has 0 fully saturated rings. The Morgan fingerprint density at radius 1 is 1.25 bits per heavy atom. The number of nitrogens with zero attached hydrogens (tertiary/aromatic N) is 1. The van der Waals surface area contributed by atoms with E-state index in [9.17, 15) is 9.59 Å². The summed E-state index contributed by atoms with van der Waals surface area (Å²) >= 11 is 0. The van der Waals surface area contributed by atoms with E-state index in [1.807, 2.05) is 13.8 Å². The highest BCUT2D eigenvalue weighted by molar-refractivity contribution is 5.96. The van der Waals surface area contributed by atoms with E-state index in [0.717, 1.165) is 0 Å². The summed E-state index contributed by atoms with van der Waals surface area (Å²) in [6.45, 7) is 9.27. The van der Waals surface area contributed by atoms with Crippen molar-refractivity contribution in [3.05, 3.63) is 18.3 Å². The van der Waals surface area contributed by atoms with E-state index in [4.69, 9.17) is 9.47 Å². The molecule has 7 nitrogen and oxygen atoms in total. The molecule has 1 aromatic heterocycles. The number of nitrogens with one attached hydrogen (secondary N) is 2. The highest BCUT2D eigenvalue weighted by Gasteiger charge is 2.25. The average Bonchev–Trinajstić information content (AvgIpc) is 2.44. The van der Waals surface area contributed by atoms with Gasteiger partial charge in [-0.1, -0.05) is 13.8 Å². The zero-order chi connectivity index (χ0) is 18.3. The van der Waals surface area contributed by atoms with E-state index in [1.165, 1.54) is 13.3 Å².